The van der Waals surface area contributed by atoms with Crippen LogP contribution in [0, 0.1) is 5.92 Å². The minimum Gasteiger partial charge on any atom is -0.494 e. The molecule has 2 aromatic rings. The topological polar surface area (TPSA) is 59.6 Å². The Hall–Kier alpha value is -2.60. The van der Waals surface area contributed by atoms with Gasteiger partial charge in [0.25, 0.3) is 5.91 Å². The van der Waals surface area contributed by atoms with E-state index in [0.717, 1.165) is 36.1 Å². The van der Waals surface area contributed by atoms with Gasteiger partial charge in [-0.25, -0.2) is 0 Å². The highest BCUT2D eigenvalue weighted by atomic mass is 32.1. The zero-order valence-corrected chi connectivity index (χ0v) is 19.2. The molecule has 1 aliphatic rings. The molecule has 2 aromatic carbocycles. The number of hydrogen-bond donors (Lipinski definition) is 2. The molecule has 0 aromatic heterocycles. The molecule has 0 radical (unpaired) electrons. The summed E-state index contributed by atoms with van der Waals surface area (Å²) in [5.74, 6) is 2.12. The molecule has 0 saturated heterocycles. The van der Waals surface area contributed by atoms with Crippen LogP contribution in [0.4, 0.5) is 5.69 Å². The third-order valence-corrected chi connectivity index (χ3v) is 5.55. The van der Waals surface area contributed by atoms with Crippen LogP contribution in [0.5, 0.6) is 11.5 Å². The first kappa shape index (κ1) is 23.1. The number of nitrogens with one attached hydrogen (secondary N) is 2. The Morgan fingerprint density at radius 1 is 1.00 bits per heavy atom. The zero-order chi connectivity index (χ0) is 22.1. The zero-order valence-electron chi connectivity index (χ0n) is 18.4. The predicted octanol–water partition coefficient (Wildman–Crippen LogP) is 5.95. The number of benzene rings is 2. The molecule has 1 aliphatic carbocycles. The molecule has 2 N–H and O–H groups in total. The van der Waals surface area contributed by atoms with Crippen LogP contribution in [-0.2, 0) is 0 Å². The molecule has 166 valence electrons. The highest BCUT2D eigenvalue weighted by molar-refractivity contribution is 7.80. The molecule has 0 atom stereocenters. The largest absolute Gasteiger partial charge is 0.494 e. The summed E-state index contributed by atoms with van der Waals surface area (Å²) in [5, 5.41) is 5.98. The van der Waals surface area contributed by atoms with Gasteiger partial charge in [0, 0.05) is 11.3 Å². The highest BCUT2D eigenvalue weighted by Crippen LogP contribution is 2.26. The summed E-state index contributed by atoms with van der Waals surface area (Å²) in [7, 11) is 0. The van der Waals surface area contributed by atoms with Crippen LogP contribution in [0.3, 0.4) is 0 Å². The Morgan fingerprint density at radius 3 is 2.29 bits per heavy atom. The van der Waals surface area contributed by atoms with Crippen LogP contribution >= 0.6 is 12.2 Å². The van der Waals surface area contributed by atoms with E-state index in [9.17, 15) is 4.79 Å². The Morgan fingerprint density at radius 2 is 1.65 bits per heavy atom. The van der Waals surface area contributed by atoms with Gasteiger partial charge in [0.1, 0.15) is 11.5 Å². The van der Waals surface area contributed by atoms with Crippen LogP contribution in [0.1, 0.15) is 62.7 Å². The van der Waals surface area contributed by atoms with Crippen LogP contribution in [0.15, 0.2) is 48.5 Å². The molecule has 31 heavy (non-hydrogen) atoms. The molecule has 1 saturated carbocycles. The van der Waals surface area contributed by atoms with Crippen LogP contribution in [0.25, 0.3) is 0 Å². The average Bonchev–Trinajstić information content (AvgIpc) is 2.76. The molecule has 3 rings (SSSR count). The maximum absolute atomic E-state index is 12.4. The van der Waals surface area contributed by atoms with E-state index in [1.165, 1.54) is 32.1 Å². The van der Waals surface area contributed by atoms with Crippen molar-refractivity contribution >= 4 is 28.9 Å². The van der Waals surface area contributed by atoms with Gasteiger partial charge in [-0.3, -0.25) is 10.1 Å². The third-order valence-electron chi connectivity index (χ3n) is 5.35. The van der Waals surface area contributed by atoms with E-state index in [2.05, 4.69) is 10.6 Å². The van der Waals surface area contributed by atoms with Crippen molar-refractivity contribution in [1.29, 1.82) is 0 Å². The molecule has 0 heterocycles. The third kappa shape index (κ3) is 7.87. The quantitative estimate of drug-likeness (QED) is 0.497. The molecule has 0 aliphatic heterocycles. The van der Waals surface area contributed by atoms with E-state index >= 15 is 0 Å². The first-order valence-electron chi connectivity index (χ1n) is 11.1. The number of hydrogen-bond acceptors (Lipinski definition) is 4. The lowest BCUT2D eigenvalue weighted by molar-refractivity contribution is 0.0977. The summed E-state index contributed by atoms with van der Waals surface area (Å²) < 4.78 is 11.5. The predicted molar refractivity (Wildman–Crippen MR) is 129 cm³/mol. The van der Waals surface area contributed by atoms with Gasteiger partial charge < -0.3 is 14.8 Å². The van der Waals surface area contributed by atoms with Crippen molar-refractivity contribution in [1.82, 2.24) is 5.32 Å². The van der Waals surface area contributed by atoms with Gasteiger partial charge in [-0.05, 0) is 86.9 Å². The fraction of sp³-hybridized carbons (Fsp3) is 0.440. The van der Waals surface area contributed by atoms with E-state index in [4.69, 9.17) is 21.7 Å². The Labute approximate surface area is 190 Å². The maximum Gasteiger partial charge on any atom is 0.257 e. The SMILES string of the molecule is CC(C)Oc1ccc(C(=O)NC(=S)Nc2ccc(OCCC3CCCCC3)cc2)cc1. The van der Waals surface area contributed by atoms with Crippen molar-refractivity contribution in [3.63, 3.8) is 0 Å². The number of rotatable bonds is 8. The summed E-state index contributed by atoms with van der Waals surface area (Å²) in [4.78, 5) is 12.4. The van der Waals surface area contributed by atoms with Gasteiger partial charge in [0.05, 0.1) is 12.7 Å². The number of thiocarbonyl (C=S) groups is 1. The monoisotopic (exact) mass is 440 g/mol. The van der Waals surface area contributed by atoms with Gasteiger partial charge in [-0.15, -0.1) is 0 Å². The second-order valence-corrected chi connectivity index (χ2v) is 8.67. The Bertz CT molecular complexity index is 844. The lowest BCUT2D eigenvalue weighted by Gasteiger charge is -2.21. The summed E-state index contributed by atoms with van der Waals surface area (Å²) in [5.41, 5.74) is 1.31. The van der Waals surface area contributed by atoms with Gasteiger partial charge in [-0.2, -0.15) is 0 Å². The van der Waals surface area contributed by atoms with Crippen LogP contribution in [0.2, 0.25) is 0 Å². The molecule has 0 spiro atoms. The fourth-order valence-corrected chi connectivity index (χ4v) is 3.96. The molecular formula is C25H32N2O3S. The van der Waals surface area contributed by atoms with Gasteiger partial charge in [0.2, 0.25) is 0 Å². The molecule has 1 fully saturated rings. The highest BCUT2D eigenvalue weighted by Gasteiger charge is 2.13. The van der Waals surface area contributed by atoms with Gasteiger partial charge in [-0.1, -0.05) is 32.1 Å². The van der Waals surface area contributed by atoms with Crippen molar-refractivity contribution in [3.05, 3.63) is 54.1 Å². The first-order valence-corrected chi connectivity index (χ1v) is 11.5. The van der Waals surface area contributed by atoms with Crippen molar-refractivity contribution in [2.45, 2.75) is 58.5 Å². The molecule has 0 unspecified atom stereocenters. The Balaban J connectivity index is 1.41. The summed E-state index contributed by atoms with van der Waals surface area (Å²) >= 11 is 5.27. The van der Waals surface area contributed by atoms with E-state index in [-0.39, 0.29) is 17.1 Å². The smallest absolute Gasteiger partial charge is 0.257 e. The number of anilines is 1. The molecule has 0 bridgehead atoms. The minimum absolute atomic E-state index is 0.0881. The second kappa shape index (κ2) is 11.7. The molecule has 6 heteroatoms. The summed E-state index contributed by atoms with van der Waals surface area (Å²) in [6.07, 6.45) is 7.99. The normalized spacial score (nSPS) is 14.2. The lowest BCUT2D eigenvalue weighted by atomic mass is 9.87. The Kier molecular flexibility index (Phi) is 8.71. The number of carbonyl (C=O) groups is 1. The average molecular weight is 441 g/mol. The van der Waals surface area contributed by atoms with Gasteiger partial charge in [0.15, 0.2) is 5.11 Å². The molecule has 5 nitrogen and oxygen atoms in total. The lowest BCUT2D eigenvalue weighted by Crippen LogP contribution is -2.34. The number of ether oxygens (including phenoxy) is 2. The fourth-order valence-electron chi connectivity index (χ4n) is 3.75. The van der Waals surface area contributed by atoms with E-state index < -0.39 is 0 Å². The van der Waals surface area contributed by atoms with Crippen LogP contribution < -0.4 is 20.1 Å². The first-order chi connectivity index (χ1) is 15.0. The van der Waals surface area contributed by atoms with Gasteiger partial charge >= 0.3 is 0 Å². The van der Waals surface area contributed by atoms with Crippen LogP contribution in [-0.4, -0.2) is 23.7 Å². The molecule has 1 amide bonds. The summed E-state index contributed by atoms with van der Waals surface area (Å²) in [6, 6.07) is 14.6. The van der Waals surface area contributed by atoms with Crippen molar-refractivity contribution in [2.75, 3.05) is 11.9 Å². The standard InChI is InChI=1S/C25H32N2O3S/c1-18(2)30-23-12-8-20(9-13-23)24(28)27-25(31)26-21-10-14-22(15-11-21)29-17-16-19-6-4-3-5-7-19/h8-15,18-19H,3-7,16-17H2,1-2H3,(H2,26,27,28,31). The second-order valence-electron chi connectivity index (χ2n) is 8.26. The van der Waals surface area contributed by atoms with Crippen molar-refractivity contribution in [2.24, 2.45) is 5.92 Å². The van der Waals surface area contributed by atoms with Crippen molar-refractivity contribution in [3.8, 4) is 11.5 Å². The maximum atomic E-state index is 12.4. The van der Waals surface area contributed by atoms with E-state index in [0.29, 0.717) is 5.56 Å². The summed E-state index contributed by atoms with van der Waals surface area (Å²) in [6.45, 7) is 4.68. The van der Waals surface area contributed by atoms with E-state index in [1.807, 2.05) is 38.1 Å². The minimum atomic E-state index is -0.267. The number of amides is 1. The number of carbonyl (C=O) groups excluding carboxylic acids is 1. The molecular weight excluding hydrogens is 408 g/mol. The van der Waals surface area contributed by atoms with E-state index in [1.54, 1.807) is 24.3 Å². The van der Waals surface area contributed by atoms with Crippen molar-refractivity contribution < 1.29 is 14.3 Å².